The van der Waals surface area contributed by atoms with Gasteiger partial charge in [0.1, 0.15) is 11.6 Å². The summed E-state index contributed by atoms with van der Waals surface area (Å²) in [7, 11) is 0. The molecule has 24 heavy (non-hydrogen) atoms. The molecule has 1 N–H and O–H groups in total. The zero-order valence-electron chi connectivity index (χ0n) is 12.7. The summed E-state index contributed by atoms with van der Waals surface area (Å²) in [6.07, 6.45) is -0.314. The average Bonchev–Trinajstić information content (AvgIpc) is 3.25. The van der Waals surface area contributed by atoms with Crippen molar-refractivity contribution in [2.45, 2.75) is 19.4 Å². The van der Waals surface area contributed by atoms with Crippen LogP contribution in [-0.4, -0.2) is 22.3 Å². The summed E-state index contributed by atoms with van der Waals surface area (Å²) in [4.78, 5) is 13.3. The van der Waals surface area contributed by atoms with Crippen molar-refractivity contribution >= 4 is 23.1 Å². The first-order valence-electron chi connectivity index (χ1n) is 7.27. The highest BCUT2D eigenvalue weighted by Crippen LogP contribution is 2.28. The maximum absolute atomic E-state index is 12.9. The molecule has 2 aromatic heterocycles. The number of carbonyl (C=O) groups is 1. The van der Waals surface area contributed by atoms with Crippen LogP contribution < -0.4 is 10.1 Å². The van der Waals surface area contributed by atoms with Crippen LogP contribution in [0.25, 0.3) is 10.6 Å². The van der Waals surface area contributed by atoms with E-state index in [-0.39, 0.29) is 17.5 Å². The third-order valence-corrected chi connectivity index (χ3v) is 4.12. The van der Waals surface area contributed by atoms with Gasteiger partial charge in [0, 0.05) is 0 Å². The summed E-state index contributed by atoms with van der Waals surface area (Å²) < 4.78 is 23.3. The van der Waals surface area contributed by atoms with Crippen molar-refractivity contribution in [3.63, 3.8) is 0 Å². The number of nitrogens with one attached hydrogen (secondary N) is 1. The number of benzene rings is 1. The number of halogens is 1. The maximum Gasteiger partial charge on any atom is 0.266 e. The minimum absolute atomic E-state index is 0.239. The van der Waals surface area contributed by atoms with Gasteiger partial charge in [-0.15, -0.1) is 11.3 Å². The van der Waals surface area contributed by atoms with E-state index in [4.69, 9.17) is 9.37 Å². The second kappa shape index (κ2) is 7.22. The number of rotatable bonds is 6. The van der Waals surface area contributed by atoms with Crippen LogP contribution in [0.15, 0.2) is 46.4 Å². The topological polar surface area (TPSA) is 77.2 Å². The van der Waals surface area contributed by atoms with E-state index in [2.05, 4.69) is 15.6 Å². The highest BCUT2D eigenvalue weighted by molar-refractivity contribution is 7.13. The predicted octanol–water partition coefficient (Wildman–Crippen LogP) is 3.73. The van der Waals surface area contributed by atoms with Crippen LogP contribution in [0.1, 0.15) is 13.3 Å². The molecule has 1 atom stereocenters. The van der Waals surface area contributed by atoms with Gasteiger partial charge in [0.2, 0.25) is 5.82 Å². The van der Waals surface area contributed by atoms with Crippen LogP contribution in [-0.2, 0) is 4.79 Å². The van der Waals surface area contributed by atoms with E-state index >= 15 is 0 Å². The Morgan fingerprint density at radius 2 is 2.12 bits per heavy atom. The Kier molecular flexibility index (Phi) is 4.85. The van der Waals surface area contributed by atoms with Gasteiger partial charge in [-0.2, -0.15) is 0 Å². The number of aromatic nitrogens is 2. The fourth-order valence-corrected chi connectivity index (χ4v) is 2.75. The minimum Gasteiger partial charge on any atom is -0.481 e. The molecule has 0 aliphatic rings. The van der Waals surface area contributed by atoms with Gasteiger partial charge in [0.05, 0.1) is 4.88 Å². The Labute approximate surface area is 141 Å². The number of nitrogens with zero attached hydrogens (tertiary/aromatic N) is 2. The first-order chi connectivity index (χ1) is 11.7. The molecule has 3 rings (SSSR count). The van der Waals surface area contributed by atoms with Crippen LogP contribution >= 0.6 is 11.3 Å². The zero-order valence-corrected chi connectivity index (χ0v) is 13.5. The van der Waals surface area contributed by atoms with Crippen LogP contribution in [0.3, 0.4) is 0 Å². The van der Waals surface area contributed by atoms with E-state index in [0.29, 0.717) is 17.9 Å². The smallest absolute Gasteiger partial charge is 0.266 e. The van der Waals surface area contributed by atoms with Crippen LogP contribution in [0.5, 0.6) is 5.75 Å². The molecule has 0 saturated heterocycles. The molecule has 1 amide bonds. The third kappa shape index (κ3) is 3.60. The van der Waals surface area contributed by atoms with Crippen molar-refractivity contribution in [1.29, 1.82) is 0 Å². The Morgan fingerprint density at radius 3 is 2.79 bits per heavy atom. The molecule has 0 bridgehead atoms. The van der Waals surface area contributed by atoms with E-state index in [1.807, 2.05) is 24.4 Å². The summed E-state index contributed by atoms with van der Waals surface area (Å²) in [5.41, 5.74) is 0.468. The second-order valence-corrected chi connectivity index (χ2v) is 5.84. The fraction of sp³-hybridized carbons (Fsp3) is 0.188. The lowest BCUT2D eigenvalue weighted by atomic mass is 10.2. The number of amides is 1. The van der Waals surface area contributed by atoms with Crippen LogP contribution in [0, 0.1) is 5.82 Å². The molecular formula is C16H14FN3O3S. The number of carbonyl (C=O) groups excluding carboxylic acids is 1. The molecule has 0 unspecified atom stereocenters. The summed E-state index contributed by atoms with van der Waals surface area (Å²) in [6, 6.07) is 9.21. The first-order valence-corrected chi connectivity index (χ1v) is 8.15. The third-order valence-electron chi connectivity index (χ3n) is 3.24. The van der Waals surface area contributed by atoms with Crippen LogP contribution in [0.4, 0.5) is 10.2 Å². The molecule has 2 heterocycles. The molecule has 0 radical (unpaired) electrons. The highest BCUT2D eigenvalue weighted by atomic mass is 32.1. The van der Waals surface area contributed by atoms with E-state index in [0.717, 1.165) is 4.88 Å². The summed E-state index contributed by atoms with van der Waals surface area (Å²) >= 11 is 1.46. The fourth-order valence-electron chi connectivity index (χ4n) is 2.04. The largest absolute Gasteiger partial charge is 0.481 e. The SMILES string of the molecule is CC[C@H](Oc1ccc(F)cc1)C(=O)Nc1nonc1-c1cccs1. The molecule has 0 saturated carbocycles. The number of anilines is 1. The number of ether oxygens (including phenoxy) is 1. The average molecular weight is 347 g/mol. The second-order valence-electron chi connectivity index (χ2n) is 4.90. The lowest BCUT2D eigenvalue weighted by Gasteiger charge is -2.16. The van der Waals surface area contributed by atoms with E-state index in [1.165, 1.54) is 35.6 Å². The molecule has 1 aromatic carbocycles. The Hall–Kier alpha value is -2.74. The lowest BCUT2D eigenvalue weighted by Crippen LogP contribution is -2.32. The van der Waals surface area contributed by atoms with Gasteiger partial charge in [-0.25, -0.2) is 9.02 Å². The van der Waals surface area contributed by atoms with Crippen molar-refractivity contribution in [1.82, 2.24) is 10.3 Å². The Bertz CT molecular complexity index is 802. The van der Waals surface area contributed by atoms with Gasteiger partial charge in [-0.3, -0.25) is 4.79 Å². The molecule has 8 heteroatoms. The van der Waals surface area contributed by atoms with Crippen molar-refractivity contribution in [2.75, 3.05) is 5.32 Å². The van der Waals surface area contributed by atoms with Gasteiger partial charge in [0.25, 0.3) is 5.91 Å². The molecule has 6 nitrogen and oxygen atoms in total. The molecule has 0 aliphatic carbocycles. The molecule has 0 spiro atoms. The Balaban J connectivity index is 1.71. The van der Waals surface area contributed by atoms with Crippen molar-refractivity contribution in [3.05, 3.63) is 47.6 Å². The monoisotopic (exact) mass is 347 g/mol. The first kappa shape index (κ1) is 16.1. The maximum atomic E-state index is 12.9. The molecule has 0 fully saturated rings. The molecule has 124 valence electrons. The van der Waals surface area contributed by atoms with Gasteiger partial charge >= 0.3 is 0 Å². The van der Waals surface area contributed by atoms with E-state index < -0.39 is 6.10 Å². The highest BCUT2D eigenvalue weighted by Gasteiger charge is 2.22. The lowest BCUT2D eigenvalue weighted by molar-refractivity contribution is -0.122. The van der Waals surface area contributed by atoms with Gasteiger partial charge in [0.15, 0.2) is 11.8 Å². The normalized spacial score (nSPS) is 11.9. The van der Waals surface area contributed by atoms with Crippen molar-refractivity contribution in [3.8, 4) is 16.3 Å². The van der Waals surface area contributed by atoms with Gasteiger partial charge in [-0.1, -0.05) is 13.0 Å². The molecule has 0 aliphatic heterocycles. The molecule has 3 aromatic rings. The minimum atomic E-state index is -0.747. The van der Waals surface area contributed by atoms with Gasteiger partial charge < -0.3 is 10.1 Å². The number of hydrogen-bond donors (Lipinski definition) is 1. The predicted molar refractivity (Wildman–Crippen MR) is 87.3 cm³/mol. The van der Waals surface area contributed by atoms with E-state index in [1.54, 1.807) is 0 Å². The summed E-state index contributed by atoms with van der Waals surface area (Å²) in [6.45, 7) is 1.81. The number of hydrogen-bond acceptors (Lipinski definition) is 6. The zero-order chi connectivity index (χ0) is 16.9. The summed E-state index contributed by atoms with van der Waals surface area (Å²) in [5.74, 6) is -0.0943. The van der Waals surface area contributed by atoms with Gasteiger partial charge in [-0.05, 0) is 52.4 Å². The van der Waals surface area contributed by atoms with Crippen LogP contribution in [0.2, 0.25) is 0 Å². The van der Waals surface area contributed by atoms with E-state index in [9.17, 15) is 9.18 Å². The van der Waals surface area contributed by atoms with Crippen molar-refractivity contribution in [2.24, 2.45) is 0 Å². The standard InChI is InChI=1S/C16H14FN3O3S/c1-2-12(22-11-7-5-10(17)6-8-11)16(21)18-15-14(19-23-20-15)13-4-3-9-24-13/h3-9,12H,2H2,1H3,(H,18,20,21)/t12-/m0/s1. The van der Waals surface area contributed by atoms with Crippen molar-refractivity contribution < 1.29 is 18.6 Å². The Morgan fingerprint density at radius 1 is 1.33 bits per heavy atom. The quantitative estimate of drug-likeness (QED) is 0.735. The number of thiophene rings is 1. The molecular weight excluding hydrogens is 333 g/mol. The summed E-state index contributed by atoms with van der Waals surface area (Å²) in [5, 5.41) is 12.1.